The van der Waals surface area contributed by atoms with E-state index in [0.717, 1.165) is 24.5 Å². The van der Waals surface area contributed by atoms with E-state index in [4.69, 9.17) is 0 Å². The maximum absolute atomic E-state index is 9.47. The summed E-state index contributed by atoms with van der Waals surface area (Å²) >= 11 is 1.92. The molecule has 11 heavy (non-hydrogen) atoms. The van der Waals surface area contributed by atoms with Crippen LogP contribution in [0.5, 0.6) is 0 Å². The van der Waals surface area contributed by atoms with Gasteiger partial charge in [0.15, 0.2) is 0 Å². The lowest BCUT2D eigenvalue weighted by Crippen LogP contribution is -2.08. The van der Waals surface area contributed by atoms with Crippen molar-refractivity contribution in [2.24, 2.45) is 5.92 Å². The summed E-state index contributed by atoms with van der Waals surface area (Å²) in [5.41, 5.74) is 0. The van der Waals surface area contributed by atoms with Gasteiger partial charge in [-0.2, -0.15) is 11.8 Å². The normalized spacial score (nSPS) is 20.2. The Hall–Kier alpha value is 0.310. The molecule has 1 fully saturated rings. The second-order valence-corrected chi connectivity index (χ2v) is 4.71. The Morgan fingerprint density at radius 2 is 2.27 bits per heavy atom. The van der Waals surface area contributed by atoms with Crippen LogP contribution in [0, 0.1) is 5.92 Å². The highest BCUT2D eigenvalue weighted by molar-refractivity contribution is 7.99. The van der Waals surface area contributed by atoms with Gasteiger partial charge in [0.05, 0.1) is 6.10 Å². The first-order chi connectivity index (χ1) is 5.33. The molecule has 1 saturated carbocycles. The first-order valence-corrected chi connectivity index (χ1v) is 5.74. The number of thioether (sulfide) groups is 1. The van der Waals surface area contributed by atoms with Crippen molar-refractivity contribution in [3.05, 3.63) is 0 Å². The van der Waals surface area contributed by atoms with Gasteiger partial charge in [0.1, 0.15) is 0 Å². The topological polar surface area (TPSA) is 20.2 Å². The first kappa shape index (κ1) is 9.40. The quantitative estimate of drug-likeness (QED) is 0.623. The van der Waals surface area contributed by atoms with Crippen LogP contribution < -0.4 is 0 Å². The Kier molecular flexibility index (Phi) is 4.31. The molecule has 1 N–H and O–H groups in total. The molecule has 1 aliphatic carbocycles. The van der Waals surface area contributed by atoms with Crippen molar-refractivity contribution in [3.8, 4) is 0 Å². The molecule has 1 atom stereocenters. The lowest BCUT2D eigenvalue weighted by atomic mass is 10.1. The summed E-state index contributed by atoms with van der Waals surface area (Å²) in [5, 5.41) is 9.47. The number of rotatable bonds is 6. The molecular formula is C9H18OS. The smallest absolute Gasteiger partial charge is 0.0550 e. The lowest BCUT2D eigenvalue weighted by Gasteiger charge is -2.07. The molecule has 0 bridgehead atoms. The molecule has 1 rings (SSSR count). The van der Waals surface area contributed by atoms with Gasteiger partial charge in [0.25, 0.3) is 0 Å². The van der Waals surface area contributed by atoms with Crippen molar-refractivity contribution < 1.29 is 5.11 Å². The van der Waals surface area contributed by atoms with E-state index in [1.54, 1.807) is 0 Å². The molecule has 0 aromatic carbocycles. The van der Waals surface area contributed by atoms with Crippen molar-refractivity contribution >= 4 is 11.8 Å². The zero-order valence-corrected chi connectivity index (χ0v) is 8.07. The van der Waals surface area contributed by atoms with Gasteiger partial charge in [-0.15, -0.1) is 0 Å². The molecule has 0 spiro atoms. The minimum atomic E-state index is -0.0125. The Morgan fingerprint density at radius 3 is 2.82 bits per heavy atom. The third kappa shape index (κ3) is 4.70. The van der Waals surface area contributed by atoms with Crippen molar-refractivity contribution in [3.63, 3.8) is 0 Å². The molecule has 1 unspecified atom stereocenters. The first-order valence-electron chi connectivity index (χ1n) is 4.58. The fraction of sp³-hybridized carbons (Fsp3) is 1.00. The highest BCUT2D eigenvalue weighted by Crippen LogP contribution is 2.34. The van der Waals surface area contributed by atoms with E-state index < -0.39 is 0 Å². The average Bonchev–Trinajstić information content (AvgIpc) is 2.72. The summed E-state index contributed by atoms with van der Waals surface area (Å²) in [6.07, 6.45) is 4.76. The third-order valence-corrected chi connectivity index (χ3v) is 3.03. The Labute approximate surface area is 73.6 Å². The van der Waals surface area contributed by atoms with Gasteiger partial charge in [0, 0.05) is 0 Å². The number of aliphatic hydroxyl groups is 1. The van der Waals surface area contributed by atoms with Crippen molar-refractivity contribution in [1.29, 1.82) is 0 Å². The lowest BCUT2D eigenvalue weighted by molar-refractivity contribution is 0.155. The Balaban J connectivity index is 1.87. The van der Waals surface area contributed by atoms with E-state index in [1.165, 1.54) is 18.6 Å². The van der Waals surface area contributed by atoms with Gasteiger partial charge in [-0.25, -0.2) is 0 Å². The van der Waals surface area contributed by atoms with Crippen LogP contribution in [0.25, 0.3) is 0 Å². The van der Waals surface area contributed by atoms with Crippen LogP contribution in [0.3, 0.4) is 0 Å². The molecule has 0 aromatic heterocycles. The molecular weight excluding hydrogens is 156 g/mol. The summed E-state index contributed by atoms with van der Waals surface area (Å²) in [6.45, 7) is 2.16. The fourth-order valence-corrected chi connectivity index (χ4v) is 1.95. The standard InChI is InChI=1S/C9H18OS/c1-2-11-6-5-9(10)7-8-3-4-8/h8-10H,2-7H2,1H3. The van der Waals surface area contributed by atoms with E-state index in [0.29, 0.717) is 0 Å². The van der Waals surface area contributed by atoms with Gasteiger partial charge in [-0.3, -0.25) is 0 Å². The van der Waals surface area contributed by atoms with Gasteiger partial charge >= 0.3 is 0 Å². The molecule has 1 aliphatic rings. The Bertz CT molecular complexity index is 102. The largest absolute Gasteiger partial charge is 0.393 e. The number of aliphatic hydroxyl groups excluding tert-OH is 1. The average molecular weight is 174 g/mol. The predicted octanol–water partition coefficient (Wildman–Crippen LogP) is 2.29. The maximum Gasteiger partial charge on any atom is 0.0550 e. The van der Waals surface area contributed by atoms with E-state index >= 15 is 0 Å². The second kappa shape index (κ2) is 5.04. The van der Waals surface area contributed by atoms with Crippen molar-refractivity contribution in [2.75, 3.05) is 11.5 Å². The number of hydrogen-bond donors (Lipinski definition) is 1. The van der Waals surface area contributed by atoms with Crippen molar-refractivity contribution in [2.45, 2.75) is 38.7 Å². The van der Waals surface area contributed by atoms with Crippen LogP contribution in [0.4, 0.5) is 0 Å². The highest BCUT2D eigenvalue weighted by Gasteiger charge is 2.23. The molecule has 0 aliphatic heterocycles. The van der Waals surface area contributed by atoms with E-state index in [1.807, 2.05) is 11.8 Å². The maximum atomic E-state index is 9.47. The monoisotopic (exact) mass is 174 g/mol. The summed E-state index contributed by atoms with van der Waals surface area (Å²) in [5.74, 6) is 3.18. The molecule has 66 valence electrons. The molecule has 0 amide bonds. The minimum absolute atomic E-state index is 0.0125. The third-order valence-electron chi connectivity index (χ3n) is 2.10. The van der Waals surface area contributed by atoms with Gasteiger partial charge in [-0.05, 0) is 30.3 Å². The second-order valence-electron chi connectivity index (χ2n) is 3.32. The summed E-state index contributed by atoms with van der Waals surface area (Å²) < 4.78 is 0. The highest BCUT2D eigenvalue weighted by atomic mass is 32.2. The molecule has 2 heteroatoms. The summed E-state index contributed by atoms with van der Waals surface area (Å²) in [6, 6.07) is 0. The van der Waals surface area contributed by atoms with Gasteiger partial charge in [-0.1, -0.05) is 19.8 Å². The molecule has 0 radical (unpaired) electrons. The minimum Gasteiger partial charge on any atom is -0.393 e. The molecule has 1 nitrogen and oxygen atoms in total. The van der Waals surface area contributed by atoms with Crippen molar-refractivity contribution in [1.82, 2.24) is 0 Å². The van der Waals surface area contributed by atoms with Crippen LogP contribution in [0.1, 0.15) is 32.6 Å². The van der Waals surface area contributed by atoms with Gasteiger partial charge < -0.3 is 5.11 Å². The molecule has 0 heterocycles. The SMILES string of the molecule is CCSCCC(O)CC1CC1. The Morgan fingerprint density at radius 1 is 1.55 bits per heavy atom. The van der Waals surface area contributed by atoms with Crippen LogP contribution >= 0.6 is 11.8 Å². The zero-order valence-electron chi connectivity index (χ0n) is 7.25. The zero-order chi connectivity index (χ0) is 8.10. The molecule has 0 saturated heterocycles. The van der Waals surface area contributed by atoms with Crippen LogP contribution in [0.2, 0.25) is 0 Å². The van der Waals surface area contributed by atoms with Crippen LogP contribution in [0.15, 0.2) is 0 Å². The predicted molar refractivity (Wildman–Crippen MR) is 51.0 cm³/mol. The number of hydrogen-bond acceptors (Lipinski definition) is 2. The fourth-order valence-electron chi connectivity index (χ4n) is 1.22. The summed E-state index contributed by atoms with van der Waals surface area (Å²) in [4.78, 5) is 0. The van der Waals surface area contributed by atoms with E-state index in [2.05, 4.69) is 6.92 Å². The van der Waals surface area contributed by atoms with E-state index in [9.17, 15) is 5.11 Å². The van der Waals surface area contributed by atoms with E-state index in [-0.39, 0.29) is 6.10 Å². The summed E-state index contributed by atoms with van der Waals surface area (Å²) in [7, 11) is 0. The van der Waals surface area contributed by atoms with Crippen LogP contribution in [-0.2, 0) is 0 Å². The van der Waals surface area contributed by atoms with Gasteiger partial charge in [0.2, 0.25) is 0 Å². The molecule has 0 aromatic rings. The van der Waals surface area contributed by atoms with Crippen LogP contribution in [-0.4, -0.2) is 22.7 Å².